The van der Waals surface area contributed by atoms with E-state index in [9.17, 15) is 0 Å². The summed E-state index contributed by atoms with van der Waals surface area (Å²) in [5.74, 6) is 1.33. The molecule has 0 nitrogen and oxygen atoms in total. The summed E-state index contributed by atoms with van der Waals surface area (Å²) < 4.78 is 0. The quantitative estimate of drug-likeness (QED) is 0.500. The summed E-state index contributed by atoms with van der Waals surface area (Å²) in [6.07, 6.45) is 10.8. The van der Waals surface area contributed by atoms with Crippen molar-refractivity contribution in [2.45, 2.75) is 63.5 Å². The first kappa shape index (κ1) is 15.9. The van der Waals surface area contributed by atoms with Gasteiger partial charge in [0.15, 0.2) is 0 Å². The van der Waals surface area contributed by atoms with E-state index in [1.54, 1.807) is 0 Å². The zero-order valence-corrected chi connectivity index (χ0v) is 14.6. The average Bonchev–Trinajstić information content (AvgIpc) is 3.08. The van der Waals surface area contributed by atoms with E-state index in [4.69, 9.17) is 0 Å². The molecular formula is C21H28S. The standard InChI is InChI=1S/C21H28S/c1-2-3-4-5-6-8-17-10-11-19-16-20(13-12-18(19)15-17)21-9-7-14-22-21/h10-13,15-16,21H,2-9,14H2,1H3. The lowest BCUT2D eigenvalue weighted by Crippen LogP contribution is -1.90. The van der Waals surface area contributed by atoms with Crippen LogP contribution in [-0.4, -0.2) is 5.75 Å². The Morgan fingerprint density at radius 2 is 1.77 bits per heavy atom. The molecule has 1 aliphatic heterocycles. The molecule has 0 radical (unpaired) electrons. The van der Waals surface area contributed by atoms with Crippen LogP contribution in [0.15, 0.2) is 36.4 Å². The molecule has 1 heterocycles. The Bertz CT molecular complexity index is 596. The Labute approximate surface area is 139 Å². The lowest BCUT2D eigenvalue weighted by Gasteiger charge is -2.11. The highest BCUT2D eigenvalue weighted by molar-refractivity contribution is 7.99. The minimum atomic E-state index is 0.739. The van der Waals surface area contributed by atoms with Gasteiger partial charge in [0.05, 0.1) is 0 Å². The molecule has 22 heavy (non-hydrogen) atoms. The number of aryl methyl sites for hydroxylation is 1. The van der Waals surface area contributed by atoms with E-state index >= 15 is 0 Å². The zero-order chi connectivity index (χ0) is 15.2. The molecule has 118 valence electrons. The lowest BCUT2D eigenvalue weighted by molar-refractivity contribution is 0.632. The van der Waals surface area contributed by atoms with E-state index in [-0.39, 0.29) is 0 Å². The maximum absolute atomic E-state index is 2.42. The Hall–Kier alpha value is -0.950. The minimum absolute atomic E-state index is 0.739. The van der Waals surface area contributed by atoms with Crippen LogP contribution in [0.5, 0.6) is 0 Å². The Morgan fingerprint density at radius 3 is 2.59 bits per heavy atom. The summed E-state index contributed by atoms with van der Waals surface area (Å²) in [7, 11) is 0. The third-order valence-corrected chi connectivity index (χ3v) is 6.23. The van der Waals surface area contributed by atoms with Gasteiger partial charge in [-0.1, -0.05) is 69.0 Å². The van der Waals surface area contributed by atoms with Crippen molar-refractivity contribution in [2.24, 2.45) is 0 Å². The van der Waals surface area contributed by atoms with Crippen molar-refractivity contribution >= 4 is 22.5 Å². The van der Waals surface area contributed by atoms with Crippen molar-refractivity contribution in [1.29, 1.82) is 0 Å². The molecule has 1 heteroatoms. The molecular weight excluding hydrogens is 284 g/mol. The molecule has 1 saturated heterocycles. The van der Waals surface area contributed by atoms with Crippen LogP contribution in [0.3, 0.4) is 0 Å². The van der Waals surface area contributed by atoms with Gasteiger partial charge in [-0.05, 0) is 53.3 Å². The second-order valence-corrected chi connectivity index (χ2v) is 7.92. The highest BCUT2D eigenvalue weighted by atomic mass is 32.2. The summed E-state index contributed by atoms with van der Waals surface area (Å²) in [6.45, 7) is 2.28. The van der Waals surface area contributed by atoms with Crippen LogP contribution in [0.4, 0.5) is 0 Å². The van der Waals surface area contributed by atoms with Crippen molar-refractivity contribution in [3.8, 4) is 0 Å². The Kier molecular flexibility index (Phi) is 5.83. The number of hydrogen-bond acceptors (Lipinski definition) is 1. The van der Waals surface area contributed by atoms with Crippen LogP contribution < -0.4 is 0 Å². The van der Waals surface area contributed by atoms with E-state index in [1.807, 2.05) is 0 Å². The third-order valence-electron chi connectivity index (χ3n) is 4.80. The van der Waals surface area contributed by atoms with Gasteiger partial charge in [-0.3, -0.25) is 0 Å². The molecule has 0 N–H and O–H groups in total. The minimum Gasteiger partial charge on any atom is -0.154 e. The van der Waals surface area contributed by atoms with Crippen LogP contribution in [0.2, 0.25) is 0 Å². The molecule has 0 spiro atoms. The van der Waals surface area contributed by atoms with Crippen LogP contribution in [0, 0.1) is 0 Å². The monoisotopic (exact) mass is 312 g/mol. The molecule has 1 unspecified atom stereocenters. The number of unbranched alkanes of at least 4 members (excludes halogenated alkanes) is 4. The second kappa shape index (κ2) is 8.06. The van der Waals surface area contributed by atoms with Gasteiger partial charge in [0.25, 0.3) is 0 Å². The van der Waals surface area contributed by atoms with E-state index in [0.717, 1.165) is 5.25 Å². The van der Waals surface area contributed by atoms with Crippen LogP contribution in [0.25, 0.3) is 10.8 Å². The first-order valence-electron chi connectivity index (χ1n) is 9.01. The normalized spacial score (nSPS) is 18.1. The summed E-state index contributed by atoms with van der Waals surface area (Å²) in [5.41, 5.74) is 3.04. The van der Waals surface area contributed by atoms with E-state index in [1.165, 1.54) is 79.0 Å². The third kappa shape index (κ3) is 4.07. The first-order valence-corrected chi connectivity index (χ1v) is 10.1. The topological polar surface area (TPSA) is 0 Å². The SMILES string of the molecule is CCCCCCCc1ccc2cc(C3CCCS3)ccc2c1. The van der Waals surface area contributed by atoms with E-state index < -0.39 is 0 Å². The number of benzene rings is 2. The van der Waals surface area contributed by atoms with Gasteiger partial charge >= 0.3 is 0 Å². The summed E-state index contributed by atoms with van der Waals surface area (Å²) in [4.78, 5) is 0. The molecule has 1 atom stereocenters. The maximum Gasteiger partial charge on any atom is 0.0297 e. The fourth-order valence-corrected chi connectivity index (χ4v) is 4.73. The van der Waals surface area contributed by atoms with Gasteiger partial charge < -0.3 is 0 Å². The molecule has 1 aliphatic rings. The molecule has 1 fully saturated rings. The number of fused-ring (bicyclic) bond motifs is 1. The molecule has 0 amide bonds. The fourth-order valence-electron chi connectivity index (χ4n) is 3.44. The van der Waals surface area contributed by atoms with Crippen molar-refractivity contribution in [3.05, 3.63) is 47.5 Å². The van der Waals surface area contributed by atoms with Gasteiger partial charge in [0.1, 0.15) is 0 Å². The summed E-state index contributed by atoms with van der Waals surface area (Å²) >= 11 is 2.12. The van der Waals surface area contributed by atoms with Gasteiger partial charge in [-0.25, -0.2) is 0 Å². The van der Waals surface area contributed by atoms with Crippen LogP contribution in [0.1, 0.15) is 68.2 Å². The number of rotatable bonds is 7. The van der Waals surface area contributed by atoms with Gasteiger partial charge in [0, 0.05) is 5.25 Å². The largest absolute Gasteiger partial charge is 0.154 e. The molecule has 0 aromatic heterocycles. The predicted molar refractivity (Wildman–Crippen MR) is 101 cm³/mol. The fraction of sp³-hybridized carbons (Fsp3) is 0.524. The smallest absolute Gasteiger partial charge is 0.0297 e. The molecule has 3 rings (SSSR count). The lowest BCUT2D eigenvalue weighted by atomic mass is 9.99. The highest BCUT2D eigenvalue weighted by Crippen LogP contribution is 2.40. The Morgan fingerprint density at radius 1 is 0.955 bits per heavy atom. The molecule has 2 aromatic carbocycles. The first-order chi connectivity index (χ1) is 10.9. The van der Waals surface area contributed by atoms with Crippen molar-refractivity contribution < 1.29 is 0 Å². The maximum atomic E-state index is 2.42. The van der Waals surface area contributed by atoms with E-state index in [0.29, 0.717) is 0 Å². The summed E-state index contributed by atoms with van der Waals surface area (Å²) in [6, 6.07) is 14.2. The Balaban J connectivity index is 1.64. The second-order valence-electron chi connectivity index (χ2n) is 6.61. The molecule has 0 aliphatic carbocycles. The van der Waals surface area contributed by atoms with Crippen LogP contribution >= 0.6 is 11.8 Å². The number of hydrogen-bond donors (Lipinski definition) is 0. The molecule has 2 aromatic rings. The average molecular weight is 313 g/mol. The van der Waals surface area contributed by atoms with Crippen molar-refractivity contribution in [1.82, 2.24) is 0 Å². The van der Waals surface area contributed by atoms with Crippen LogP contribution in [-0.2, 0) is 6.42 Å². The predicted octanol–water partition coefficient (Wildman–Crippen LogP) is 6.92. The van der Waals surface area contributed by atoms with E-state index in [2.05, 4.69) is 55.1 Å². The van der Waals surface area contributed by atoms with Gasteiger partial charge in [0.2, 0.25) is 0 Å². The molecule has 0 saturated carbocycles. The summed E-state index contributed by atoms with van der Waals surface area (Å²) in [5, 5.41) is 3.57. The highest BCUT2D eigenvalue weighted by Gasteiger charge is 2.17. The number of thioether (sulfide) groups is 1. The van der Waals surface area contributed by atoms with Crippen molar-refractivity contribution in [2.75, 3.05) is 5.75 Å². The molecule has 0 bridgehead atoms. The zero-order valence-electron chi connectivity index (χ0n) is 13.8. The van der Waals surface area contributed by atoms with Gasteiger partial charge in [-0.15, -0.1) is 0 Å². The van der Waals surface area contributed by atoms with Crippen molar-refractivity contribution in [3.63, 3.8) is 0 Å². The van der Waals surface area contributed by atoms with Gasteiger partial charge in [-0.2, -0.15) is 11.8 Å².